The summed E-state index contributed by atoms with van der Waals surface area (Å²) in [6.07, 6.45) is 4.69. The van der Waals surface area contributed by atoms with E-state index in [9.17, 15) is 9.90 Å². The number of nitrogens with zero attached hydrogens (tertiary/aromatic N) is 1. The van der Waals surface area contributed by atoms with Gasteiger partial charge in [-0.05, 0) is 25.8 Å². The number of aromatic nitrogens is 1. The first-order chi connectivity index (χ1) is 8.20. The van der Waals surface area contributed by atoms with E-state index in [0.29, 0.717) is 6.61 Å². The fourth-order valence-corrected chi connectivity index (χ4v) is 1.90. The maximum atomic E-state index is 11.8. The number of nitrogens with one attached hydrogen (secondary N) is 1. The minimum atomic E-state index is -0.259. The van der Waals surface area contributed by atoms with E-state index in [1.807, 2.05) is 6.92 Å². The molecule has 0 saturated heterocycles. The lowest BCUT2D eigenvalue weighted by Crippen LogP contribution is -2.47. The van der Waals surface area contributed by atoms with E-state index < -0.39 is 0 Å². The summed E-state index contributed by atoms with van der Waals surface area (Å²) in [4.78, 5) is 15.5. The number of amides is 1. The lowest BCUT2D eigenvalue weighted by atomic mass is 9.89. The maximum Gasteiger partial charge on any atom is 0.255 e. The number of hydrogen-bond acceptors (Lipinski definition) is 4. The van der Waals surface area contributed by atoms with Crippen LogP contribution in [0.1, 0.15) is 30.1 Å². The van der Waals surface area contributed by atoms with Crippen molar-refractivity contribution < 1.29 is 14.6 Å². The number of ether oxygens (including phenoxy) is 1. The summed E-state index contributed by atoms with van der Waals surface area (Å²) in [5.74, 6) is -0.351. The first kappa shape index (κ1) is 11.9. The minimum absolute atomic E-state index is 0.0920. The van der Waals surface area contributed by atoms with Crippen molar-refractivity contribution in [1.29, 1.82) is 0 Å². The lowest BCUT2D eigenvalue weighted by Gasteiger charge is -2.35. The average Bonchev–Trinajstić information content (AvgIpc) is 2.26. The molecule has 0 radical (unpaired) electrons. The summed E-state index contributed by atoms with van der Waals surface area (Å²) >= 11 is 0. The van der Waals surface area contributed by atoms with Crippen molar-refractivity contribution in [2.24, 2.45) is 0 Å². The molecule has 2 N–H and O–H groups in total. The summed E-state index contributed by atoms with van der Waals surface area (Å²) in [6.45, 7) is 2.66. The van der Waals surface area contributed by atoms with Crippen molar-refractivity contribution in [1.82, 2.24) is 10.3 Å². The predicted molar refractivity (Wildman–Crippen MR) is 61.8 cm³/mol. The molecule has 0 atom stereocenters. The van der Waals surface area contributed by atoms with E-state index in [1.165, 1.54) is 18.5 Å². The molecular formula is C12H16N2O3. The number of aromatic hydroxyl groups is 1. The molecule has 1 aliphatic rings. The Labute approximate surface area is 99.8 Å². The second-order valence-electron chi connectivity index (χ2n) is 4.11. The SMILES string of the molecule is CCOC1CC(NC(=O)c2ccncc2O)C1. The highest BCUT2D eigenvalue weighted by Crippen LogP contribution is 2.24. The van der Waals surface area contributed by atoms with Crippen LogP contribution in [0.2, 0.25) is 0 Å². The van der Waals surface area contributed by atoms with Crippen LogP contribution in [0.4, 0.5) is 0 Å². The van der Waals surface area contributed by atoms with Crippen LogP contribution in [0.5, 0.6) is 5.75 Å². The van der Waals surface area contributed by atoms with Crippen molar-refractivity contribution >= 4 is 5.91 Å². The van der Waals surface area contributed by atoms with Crippen LogP contribution in [-0.2, 0) is 4.74 Å². The molecular weight excluding hydrogens is 220 g/mol. The molecule has 1 amide bonds. The van der Waals surface area contributed by atoms with Gasteiger partial charge in [-0.25, -0.2) is 0 Å². The number of rotatable bonds is 4. The van der Waals surface area contributed by atoms with Crippen molar-refractivity contribution in [3.05, 3.63) is 24.0 Å². The molecule has 1 aliphatic carbocycles. The van der Waals surface area contributed by atoms with Gasteiger partial charge in [-0.15, -0.1) is 0 Å². The molecule has 0 aliphatic heterocycles. The molecule has 0 aromatic carbocycles. The van der Waals surface area contributed by atoms with Crippen LogP contribution in [-0.4, -0.2) is 34.8 Å². The summed E-state index contributed by atoms with van der Waals surface area (Å²) in [5.41, 5.74) is 0.264. The number of hydrogen-bond donors (Lipinski definition) is 2. The van der Waals surface area contributed by atoms with Gasteiger partial charge in [-0.1, -0.05) is 0 Å². The van der Waals surface area contributed by atoms with Crippen molar-refractivity contribution in [2.75, 3.05) is 6.61 Å². The Morgan fingerprint density at radius 1 is 1.65 bits per heavy atom. The molecule has 0 unspecified atom stereocenters. The average molecular weight is 236 g/mol. The van der Waals surface area contributed by atoms with Crippen LogP contribution in [0.3, 0.4) is 0 Å². The number of carbonyl (C=O) groups is 1. The zero-order chi connectivity index (χ0) is 12.3. The fourth-order valence-electron chi connectivity index (χ4n) is 1.90. The quantitative estimate of drug-likeness (QED) is 0.820. The number of pyridine rings is 1. The third-order valence-corrected chi connectivity index (χ3v) is 2.88. The maximum absolute atomic E-state index is 11.8. The van der Waals surface area contributed by atoms with Gasteiger partial charge < -0.3 is 15.2 Å². The van der Waals surface area contributed by atoms with E-state index in [1.54, 1.807) is 0 Å². The van der Waals surface area contributed by atoms with Gasteiger partial charge in [0, 0.05) is 18.8 Å². The van der Waals surface area contributed by atoms with Gasteiger partial charge >= 0.3 is 0 Å². The normalized spacial score (nSPS) is 22.9. The zero-order valence-corrected chi connectivity index (χ0v) is 9.72. The number of carbonyl (C=O) groups excluding carboxylic acids is 1. The van der Waals surface area contributed by atoms with Gasteiger partial charge in [0.2, 0.25) is 0 Å². The van der Waals surface area contributed by atoms with Gasteiger partial charge in [0.25, 0.3) is 5.91 Å². The van der Waals surface area contributed by atoms with Crippen LogP contribution in [0.15, 0.2) is 18.5 Å². The van der Waals surface area contributed by atoms with Gasteiger partial charge in [0.15, 0.2) is 0 Å². The Bertz CT molecular complexity index is 402. The Morgan fingerprint density at radius 2 is 2.41 bits per heavy atom. The molecule has 0 bridgehead atoms. The minimum Gasteiger partial charge on any atom is -0.505 e. The molecule has 1 aromatic heterocycles. The van der Waals surface area contributed by atoms with E-state index >= 15 is 0 Å². The second kappa shape index (κ2) is 5.14. The zero-order valence-electron chi connectivity index (χ0n) is 9.72. The molecule has 1 saturated carbocycles. The van der Waals surface area contributed by atoms with E-state index in [-0.39, 0.29) is 29.4 Å². The summed E-state index contributed by atoms with van der Waals surface area (Å²) in [7, 11) is 0. The van der Waals surface area contributed by atoms with Crippen LogP contribution in [0.25, 0.3) is 0 Å². The first-order valence-electron chi connectivity index (χ1n) is 5.76. The monoisotopic (exact) mass is 236 g/mol. The predicted octanol–water partition coefficient (Wildman–Crippen LogP) is 1.08. The highest BCUT2D eigenvalue weighted by atomic mass is 16.5. The van der Waals surface area contributed by atoms with Crippen molar-refractivity contribution in [2.45, 2.75) is 31.9 Å². The van der Waals surface area contributed by atoms with Crippen molar-refractivity contribution in [3.63, 3.8) is 0 Å². The molecule has 1 heterocycles. The second-order valence-corrected chi connectivity index (χ2v) is 4.11. The van der Waals surface area contributed by atoms with Crippen LogP contribution >= 0.6 is 0 Å². The standard InChI is InChI=1S/C12H16N2O3/c1-2-17-9-5-8(6-9)14-12(16)10-3-4-13-7-11(10)15/h3-4,7-9,15H,2,5-6H2,1H3,(H,14,16). The molecule has 0 spiro atoms. The third kappa shape index (κ3) is 2.74. The highest BCUT2D eigenvalue weighted by molar-refractivity contribution is 5.96. The Kier molecular flexibility index (Phi) is 3.58. The third-order valence-electron chi connectivity index (χ3n) is 2.88. The molecule has 1 aromatic rings. The van der Waals surface area contributed by atoms with Crippen LogP contribution < -0.4 is 5.32 Å². The van der Waals surface area contributed by atoms with Gasteiger partial charge in [0.1, 0.15) is 5.75 Å². The Balaban J connectivity index is 1.85. The van der Waals surface area contributed by atoms with Gasteiger partial charge in [0.05, 0.1) is 17.9 Å². The summed E-state index contributed by atoms with van der Waals surface area (Å²) < 4.78 is 5.41. The molecule has 2 rings (SSSR count). The smallest absolute Gasteiger partial charge is 0.255 e. The van der Waals surface area contributed by atoms with Gasteiger partial charge in [-0.2, -0.15) is 0 Å². The van der Waals surface area contributed by atoms with E-state index in [4.69, 9.17) is 4.74 Å². The first-order valence-corrected chi connectivity index (χ1v) is 5.76. The molecule has 5 nitrogen and oxygen atoms in total. The highest BCUT2D eigenvalue weighted by Gasteiger charge is 2.31. The van der Waals surface area contributed by atoms with Crippen LogP contribution in [0, 0.1) is 0 Å². The topological polar surface area (TPSA) is 71.5 Å². The van der Waals surface area contributed by atoms with E-state index in [0.717, 1.165) is 12.8 Å². The lowest BCUT2D eigenvalue weighted by molar-refractivity contribution is -0.00863. The Hall–Kier alpha value is -1.62. The summed E-state index contributed by atoms with van der Waals surface area (Å²) in [6, 6.07) is 1.65. The molecule has 17 heavy (non-hydrogen) atoms. The molecule has 1 fully saturated rings. The molecule has 5 heteroatoms. The van der Waals surface area contributed by atoms with Crippen molar-refractivity contribution in [3.8, 4) is 5.75 Å². The molecule has 92 valence electrons. The summed E-state index contributed by atoms with van der Waals surface area (Å²) in [5, 5.41) is 12.3. The van der Waals surface area contributed by atoms with Gasteiger partial charge in [-0.3, -0.25) is 9.78 Å². The van der Waals surface area contributed by atoms with E-state index in [2.05, 4.69) is 10.3 Å². The largest absolute Gasteiger partial charge is 0.505 e. The fraction of sp³-hybridized carbons (Fsp3) is 0.500. The Morgan fingerprint density at radius 3 is 3.06 bits per heavy atom.